The Labute approximate surface area is 173 Å². The Morgan fingerprint density at radius 3 is 2.97 bits per heavy atom. The highest BCUT2D eigenvalue weighted by molar-refractivity contribution is 7.36. The number of rotatable bonds is 7. The molecule has 152 valence electrons. The van der Waals surface area contributed by atoms with Crippen molar-refractivity contribution in [2.24, 2.45) is 5.92 Å². The van der Waals surface area contributed by atoms with Gasteiger partial charge in [-0.15, -0.1) is 4.52 Å². The fourth-order valence-electron chi connectivity index (χ4n) is 3.40. The van der Waals surface area contributed by atoms with E-state index in [1.807, 2.05) is 30.3 Å². The van der Waals surface area contributed by atoms with Gasteiger partial charge in [-0.1, -0.05) is 53.9 Å². The minimum Gasteiger partial charge on any atom is -0.368 e. The molecule has 4 unspecified atom stereocenters. The van der Waals surface area contributed by atoms with Gasteiger partial charge in [0.15, 0.2) is 10.8 Å². The molecule has 3 aromatic rings. The molecule has 0 aliphatic carbocycles. The summed E-state index contributed by atoms with van der Waals surface area (Å²) in [6.45, 7) is 2.77. The highest BCUT2D eigenvalue weighted by atomic mass is 35.5. The van der Waals surface area contributed by atoms with Gasteiger partial charge >= 0.3 is 8.18 Å². The molecular formula is C18H21ClN6O3P+. The zero-order chi connectivity index (χ0) is 20.4. The molecule has 1 saturated heterocycles. The lowest BCUT2D eigenvalue weighted by Gasteiger charge is -2.17. The van der Waals surface area contributed by atoms with Gasteiger partial charge in [0.05, 0.1) is 19.0 Å². The van der Waals surface area contributed by atoms with Gasteiger partial charge in [-0.3, -0.25) is 4.57 Å². The number of nitrogens with zero attached hydrogens (tertiary/aromatic N) is 4. The van der Waals surface area contributed by atoms with Crippen LogP contribution in [0.2, 0.25) is 5.15 Å². The van der Waals surface area contributed by atoms with E-state index in [0.29, 0.717) is 17.7 Å². The van der Waals surface area contributed by atoms with E-state index >= 15 is 0 Å². The van der Waals surface area contributed by atoms with Gasteiger partial charge in [0.25, 0.3) is 0 Å². The van der Waals surface area contributed by atoms with Crippen LogP contribution in [0.5, 0.6) is 0 Å². The Morgan fingerprint density at radius 2 is 2.17 bits per heavy atom. The van der Waals surface area contributed by atoms with Crippen molar-refractivity contribution in [3.05, 3.63) is 47.4 Å². The first-order valence-corrected chi connectivity index (χ1v) is 10.8. The van der Waals surface area contributed by atoms with Gasteiger partial charge in [0, 0.05) is 5.92 Å². The third-order valence-electron chi connectivity index (χ3n) is 4.76. The summed E-state index contributed by atoms with van der Waals surface area (Å²) in [4.78, 5) is 12.4. The second kappa shape index (κ2) is 8.69. The number of ether oxygens (including phenoxy) is 1. The molecule has 1 aliphatic heterocycles. The number of halogens is 1. The van der Waals surface area contributed by atoms with Crippen LogP contribution in [0.25, 0.3) is 11.2 Å². The van der Waals surface area contributed by atoms with Crippen molar-refractivity contribution in [2.45, 2.75) is 32.2 Å². The quantitative estimate of drug-likeness (QED) is 0.428. The van der Waals surface area contributed by atoms with E-state index in [4.69, 9.17) is 26.6 Å². The van der Waals surface area contributed by atoms with Crippen LogP contribution < -0.4 is 10.8 Å². The number of imidazole rings is 1. The Morgan fingerprint density at radius 1 is 1.38 bits per heavy atom. The fraction of sp³-hybridized carbons (Fsp3) is 0.389. The van der Waals surface area contributed by atoms with Crippen LogP contribution in [0, 0.1) is 5.92 Å². The van der Waals surface area contributed by atoms with Crippen molar-refractivity contribution in [1.29, 1.82) is 0 Å². The Bertz CT molecular complexity index is 1020. The molecule has 4 atom stereocenters. The SMILES string of the molecule is CC1CC(CO[P+](=O)NCc2ccccc2)OC1n1cnc2c(Cl)nc(N)nc21. The third kappa shape index (κ3) is 4.55. The lowest BCUT2D eigenvalue weighted by Crippen LogP contribution is -2.17. The van der Waals surface area contributed by atoms with Crippen molar-refractivity contribution >= 4 is 36.9 Å². The number of nitrogen functional groups attached to an aromatic ring is 1. The smallest absolute Gasteiger partial charge is 0.368 e. The van der Waals surface area contributed by atoms with Crippen molar-refractivity contribution in [1.82, 2.24) is 24.6 Å². The average molecular weight is 436 g/mol. The first-order valence-electron chi connectivity index (χ1n) is 9.20. The van der Waals surface area contributed by atoms with E-state index in [0.717, 1.165) is 12.0 Å². The van der Waals surface area contributed by atoms with Crippen LogP contribution in [0.15, 0.2) is 36.7 Å². The number of hydrogen-bond donors (Lipinski definition) is 2. The van der Waals surface area contributed by atoms with Crippen molar-refractivity contribution in [3.63, 3.8) is 0 Å². The summed E-state index contributed by atoms with van der Waals surface area (Å²) in [6, 6.07) is 9.72. The monoisotopic (exact) mass is 435 g/mol. The van der Waals surface area contributed by atoms with Crippen LogP contribution in [0.1, 0.15) is 25.1 Å². The highest BCUT2D eigenvalue weighted by Gasteiger charge is 2.36. The molecule has 1 fully saturated rings. The zero-order valence-electron chi connectivity index (χ0n) is 15.7. The molecule has 0 amide bonds. The lowest BCUT2D eigenvalue weighted by atomic mass is 10.1. The molecule has 3 N–H and O–H groups in total. The van der Waals surface area contributed by atoms with Gasteiger partial charge in [0.1, 0.15) is 18.4 Å². The zero-order valence-corrected chi connectivity index (χ0v) is 17.4. The summed E-state index contributed by atoms with van der Waals surface area (Å²) in [5.41, 5.74) is 7.76. The third-order valence-corrected chi connectivity index (χ3v) is 5.82. The molecule has 11 heteroatoms. The number of aromatic nitrogens is 4. The summed E-state index contributed by atoms with van der Waals surface area (Å²) in [5.74, 6) is 0.252. The van der Waals surface area contributed by atoms with Gasteiger partial charge in [-0.2, -0.15) is 9.97 Å². The first-order chi connectivity index (χ1) is 14.0. The van der Waals surface area contributed by atoms with Crippen molar-refractivity contribution in [3.8, 4) is 0 Å². The predicted molar refractivity (Wildman–Crippen MR) is 109 cm³/mol. The van der Waals surface area contributed by atoms with E-state index in [9.17, 15) is 4.57 Å². The lowest BCUT2D eigenvalue weighted by molar-refractivity contribution is -0.0243. The average Bonchev–Trinajstić information content (AvgIpc) is 3.28. The van der Waals surface area contributed by atoms with Crippen molar-refractivity contribution in [2.75, 3.05) is 12.3 Å². The van der Waals surface area contributed by atoms with Crippen molar-refractivity contribution < 1.29 is 13.8 Å². The Hall–Kier alpha value is -2.16. The fourth-order valence-corrected chi connectivity index (χ4v) is 4.32. The number of anilines is 1. The van der Waals surface area contributed by atoms with Gasteiger partial charge in [-0.05, 0) is 16.5 Å². The standard InChI is InChI=1S/C18H21ClN6O3P/c1-11-7-13(9-27-29(26)22-8-12-5-3-2-4-6-12)28-17(11)25-10-21-14-15(19)23-18(20)24-16(14)25/h2-6,10-11,13,17H,7-9H2,1H3,(H,22,26)(H2,20,23,24)/q+1. The maximum absolute atomic E-state index is 12.1. The number of fused-ring (bicyclic) bond motifs is 1. The molecule has 0 spiro atoms. The predicted octanol–water partition coefficient (Wildman–Crippen LogP) is 3.45. The van der Waals surface area contributed by atoms with E-state index in [1.165, 1.54) is 0 Å². The number of hydrogen-bond acceptors (Lipinski definition) is 7. The molecule has 0 bridgehead atoms. The van der Waals surface area contributed by atoms with Gasteiger partial charge in [-0.25, -0.2) is 4.98 Å². The minimum atomic E-state index is -1.98. The molecular weight excluding hydrogens is 415 g/mol. The second-order valence-electron chi connectivity index (χ2n) is 6.93. The molecule has 3 heterocycles. The Kier molecular flexibility index (Phi) is 6.03. The van der Waals surface area contributed by atoms with Crippen LogP contribution in [0.4, 0.5) is 5.95 Å². The van der Waals surface area contributed by atoms with E-state index < -0.39 is 8.18 Å². The van der Waals surface area contributed by atoms with E-state index in [2.05, 4.69) is 27.0 Å². The molecule has 0 radical (unpaired) electrons. The Balaban J connectivity index is 1.35. The normalized spacial score (nSPS) is 22.3. The topological polar surface area (TPSA) is 117 Å². The first kappa shape index (κ1) is 20.1. The van der Waals surface area contributed by atoms with Crippen LogP contribution in [-0.4, -0.2) is 32.2 Å². The summed E-state index contributed by atoms with van der Waals surface area (Å²) >= 11 is 6.10. The van der Waals surface area contributed by atoms with E-state index in [-0.39, 0.29) is 36.0 Å². The maximum atomic E-state index is 12.1. The van der Waals surface area contributed by atoms with Crippen LogP contribution in [-0.2, 0) is 20.4 Å². The molecule has 2 aromatic heterocycles. The molecule has 4 rings (SSSR count). The highest BCUT2D eigenvalue weighted by Crippen LogP contribution is 2.37. The van der Waals surface area contributed by atoms with E-state index in [1.54, 1.807) is 10.9 Å². The summed E-state index contributed by atoms with van der Waals surface area (Å²) < 4.78 is 25.5. The largest absolute Gasteiger partial charge is 0.613 e. The molecule has 29 heavy (non-hydrogen) atoms. The summed E-state index contributed by atoms with van der Waals surface area (Å²) in [6.07, 6.45) is 1.88. The maximum Gasteiger partial charge on any atom is 0.613 e. The minimum absolute atomic E-state index is 0.0799. The molecule has 1 aliphatic rings. The number of benzene rings is 1. The molecule has 9 nitrogen and oxygen atoms in total. The molecule has 0 saturated carbocycles. The summed E-state index contributed by atoms with van der Waals surface area (Å²) in [5, 5.41) is 3.09. The second-order valence-corrected chi connectivity index (χ2v) is 8.38. The number of nitrogens with two attached hydrogens (primary N) is 1. The van der Waals surface area contributed by atoms with Crippen LogP contribution >= 0.6 is 19.8 Å². The van der Waals surface area contributed by atoms with Gasteiger partial charge < -0.3 is 10.5 Å². The summed E-state index contributed by atoms with van der Waals surface area (Å²) in [7, 11) is -1.98. The van der Waals surface area contributed by atoms with Crippen LogP contribution in [0.3, 0.4) is 0 Å². The number of nitrogens with one attached hydrogen (secondary N) is 1. The van der Waals surface area contributed by atoms with Gasteiger partial charge in [0.2, 0.25) is 5.95 Å². The molecule has 1 aromatic carbocycles.